The Morgan fingerprint density at radius 1 is 0.935 bits per heavy atom. The highest BCUT2D eigenvalue weighted by atomic mass is 16.7. The lowest BCUT2D eigenvalue weighted by Crippen LogP contribution is -2.59. The smallest absolute Gasteiger partial charge is 0.402 e. The van der Waals surface area contributed by atoms with Crippen LogP contribution in [-0.4, -0.2) is 30.0 Å². The zero-order valence-electron chi connectivity index (χ0n) is 19.6. The quantitative estimate of drug-likeness (QED) is 0.651. The number of aliphatic hydroxyl groups excluding tert-OH is 1. The van der Waals surface area contributed by atoms with Crippen molar-refractivity contribution in [2.24, 2.45) is 34.5 Å². The summed E-state index contributed by atoms with van der Waals surface area (Å²) >= 11 is 0. The lowest BCUT2D eigenvalue weighted by atomic mass is 9.44. The van der Waals surface area contributed by atoms with Gasteiger partial charge in [-0.05, 0) is 99.3 Å². The summed E-state index contributed by atoms with van der Waals surface area (Å²) in [4.78, 5) is 0. The molecular formula is C27H39BO3. The molecule has 5 fully saturated rings. The van der Waals surface area contributed by atoms with Gasteiger partial charge in [0.1, 0.15) is 0 Å². The molecule has 4 aliphatic carbocycles. The highest BCUT2D eigenvalue weighted by molar-refractivity contribution is 6.62. The number of benzene rings is 1. The van der Waals surface area contributed by atoms with Crippen molar-refractivity contribution in [1.29, 1.82) is 0 Å². The topological polar surface area (TPSA) is 38.7 Å². The minimum Gasteiger partial charge on any atom is -0.402 e. The molecule has 9 unspecified atom stereocenters. The maximum atomic E-state index is 10.3. The van der Waals surface area contributed by atoms with Crippen molar-refractivity contribution in [3.8, 4) is 0 Å². The highest BCUT2D eigenvalue weighted by Gasteiger charge is 2.69. The molecule has 6 rings (SSSR count). The molecule has 4 saturated carbocycles. The van der Waals surface area contributed by atoms with E-state index in [2.05, 4.69) is 51.1 Å². The van der Waals surface area contributed by atoms with E-state index in [1.165, 1.54) is 38.5 Å². The number of rotatable bonds is 1. The molecule has 31 heavy (non-hydrogen) atoms. The van der Waals surface area contributed by atoms with Crippen LogP contribution in [0, 0.1) is 34.5 Å². The summed E-state index contributed by atoms with van der Waals surface area (Å²) in [5.74, 6) is 3.12. The van der Waals surface area contributed by atoms with Crippen LogP contribution >= 0.6 is 0 Å². The maximum absolute atomic E-state index is 10.3. The van der Waals surface area contributed by atoms with Crippen LogP contribution in [0.4, 0.5) is 0 Å². The van der Waals surface area contributed by atoms with E-state index in [0.717, 1.165) is 48.4 Å². The van der Waals surface area contributed by atoms with Crippen molar-refractivity contribution in [1.82, 2.24) is 0 Å². The first-order valence-electron chi connectivity index (χ1n) is 12.9. The van der Waals surface area contributed by atoms with Crippen LogP contribution in [0.1, 0.15) is 78.6 Å². The second-order valence-electron chi connectivity index (χ2n) is 12.1. The third-order valence-electron chi connectivity index (χ3n) is 11.2. The van der Waals surface area contributed by atoms with E-state index in [1.807, 2.05) is 0 Å². The predicted molar refractivity (Wildman–Crippen MR) is 124 cm³/mol. The number of hydrogen-bond acceptors (Lipinski definition) is 3. The Morgan fingerprint density at radius 2 is 1.71 bits per heavy atom. The van der Waals surface area contributed by atoms with Gasteiger partial charge in [0.15, 0.2) is 0 Å². The summed E-state index contributed by atoms with van der Waals surface area (Å²) in [7, 11) is -0.224. The van der Waals surface area contributed by atoms with Crippen LogP contribution in [0.2, 0.25) is 0 Å². The molecule has 4 heteroatoms. The predicted octanol–water partition coefficient (Wildman–Crippen LogP) is 4.96. The van der Waals surface area contributed by atoms with Gasteiger partial charge in [-0.1, -0.05) is 44.2 Å². The summed E-state index contributed by atoms with van der Waals surface area (Å²) < 4.78 is 13.5. The molecule has 1 aromatic carbocycles. The average Bonchev–Trinajstić information content (AvgIpc) is 3.27. The molecule has 9 atom stereocenters. The third kappa shape index (κ3) is 2.77. The molecule has 1 spiro atoms. The Morgan fingerprint density at radius 3 is 2.52 bits per heavy atom. The maximum Gasteiger partial charge on any atom is 0.494 e. The molecule has 1 aromatic rings. The monoisotopic (exact) mass is 422 g/mol. The Kier molecular flexibility index (Phi) is 4.74. The Hall–Kier alpha value is -0.835. The Bertz CT molecular complexity index is 831. The van der Waals surface area contributed by atoms with Crippen LogP contribution in [0.15, 0.2) is 30.3 Å². The molecule has 0 aromatic heterocycles. The van der Waals surface area contributed by atoms with Crippen LogP contribution in [-0.2, 0) is 9.31 Å². The van der Waals surface area contributed by atoms with Gasteiger partial charge in [-0.2, -0.15) is 0 Å². The number of hydrogen-bond donors (Lipinski definition) is 1. The molecule has 1 aliphatic heterocycles. The van der Waals surface area contributed by atoms with Crippen molar-refractivity contribution in [3.63, 3.8) is 0 Å². The van der Waals surface area contributed by atoms with Crippen molar-refractivity contribution < 1.29 is 14.4 Å². The van der Waals surface area contributed by atoms with E-state index < -0.39 is 0 Å². The van der Waals surface area contributed by atoms with Gasteiger partial charge in [0.25, 0.3) is 0 Å². The lowest BCUT2D eigenvalue weighted by molar-refractivity contribution is -0.155. The molecule has 0 radical (unpaired) electrons. The van der Waals surface area contributed by atoms with E-state index in [0.29, 0.717) is 5.41 Å². The largest absolute Gasteiger partial charge is 0.494 e. The summed E-state index contributed by atoms with van der Waals surface area (Å²) in [6.45, 7) is 7.40. The molecule has 0 bridgehead atoms. The summed E-state index contributed by atoms with van der Waals surface area (Å²) in [5, 5.41) is 10.3. The highest BCUT2D eigenvalue weighted by Crippen LogP contribution is 2.70. The lowest BCUT2D eigenvalue weighted by Gasteiger charge is -2.62. The van der Waals surface area contributed by atoms with E-state index in [9.17, 15) is 5.11 Å². The number of aliphatic hydroxyl groups is 1. The Balaban J connectivity index is 1.29. The van der Waals surface area contributed by atoms with Crippen LogP contribution in [0.25, 0.3) is 0 Å². The fourth-order valence-corrected chi connectivity index (χ4v) is 9.50. The minimum atomic E-state index is -0.224. The zero-order chi connectivity index (χ0) is 21.4. The van der Waals surface area contributed by atoms with Gasteiger partial charge in [-0.3, -0.25) is 0 Å². The van der Waals surface area contributed by atoms with Gasteiger partial charge in [0.05, 0.1) is 17.8 Å². The first-order valence-corrected chi connectivity index (χ1v) is 12.9. The number of fused-ring (bicyclic) bond motifs is 6. The van der Waals surface area contributed by atoms with Crippen molar-refractivity contribution >= 4 is 12.6 Å². The van der Waals surface area contributed by atoms with Crippen LogP contribution < -0.4 is 5.46 Å². The SMILES string of the molecule is CC1OB(c2ccccc2)OC12CCC1C3CCC4CC(O)CCC4(C)C3CCC12C. The van der Waals surface area contributed by atoms with Gasteiger partial charge in [0, 0.05) is 5.41 Å². The first kappa shape index (κ1) is 20.7. The van der Waals surface area contributed by atoms with Crippen LogP contribution in [0.5, 0.6) is 0 Å². The minimum absolute atomic E-state index is 0.0574. The second kappa shape index (κ2) is 7.08. The summed E-state index contributed by atoms with van der Waals surface area (Å²) in [6.07, 6.45) is 11.0. The van der Waals surface area contributed by atoms with Crippen molar-refractivity contribution in [3.05, 3.63) is 30.3 Å². The molecule has 5 aliphatic rings. The standard InChI is InChI=1S/C27H39BO3/c1-18-27(31-28(30-18)20-7-5-4-6-8-20)16-13-24-22-10-9-19-17-21(29)11-14-25(19,2)23(22)12-15-26(24,27)3/h4-8,18-19,21-24,29H,9-17H2,1-3H3. The first-order chi connectivity index (χ1) is 14.9. The molecule has 0 amide bonds. The Labute approximate surface area is 188 Å². The van der Waals surface area contributed by atoms with E-state index >= 15 is 0 Å². The van der Waals surface area contributed by atoms with Gasteiger partial charge in [-0.15, -0.1) is 0 Å². The van der Waals surface area contributed by atoms with E-state index in [1.54, 1.807) is 0 Å². The van der Waals surface area contributed by atoms with Gasteiger partial charge in [-0.25, -0.2) is 0 Å². The molecule has 1 heterocycles. The van der Waals surface area contributed by atoms with Crippen LogP contribution in [0.3, 0.4) is 0 Å². The normalized spacial score (nSPS) is 51.4. The third-order valence-corrected chi connectivity index (χ3v) is 11.2. The van der Waals surface area contributed by atoms with E-state index in [4.69, 9.17) is 9.31 Å². The van der Waals surface area contributed by atoms with E-state index in [-0.39, 0.29) is 30.3 Å². The molecule has 3 nitrogen and oxygen atoms in total. The average molecular weight is 422 g/mol. The zero-order valence-corrected chi connectivity index (χ0v) is 19.6. The molecule has 168 valence electrons. The molecule has 1 saturated heterocycles. The van der Waals surface area contributed by atoms with Gasteiger partial charge in [0.2, 0.25) is 0 Å². The van der Waals surface area contributed by atoms with Crippen molar-refractivity contribution in [2.45, 2.75) is 96.4 Å². The van der Waals surface area contributed by atoms with Gasteiger partial charge < -0.3 is 14.4 Å². The summed E-state index contributed by atoms with van der Waals surface area (Å²) in [6, 6.07) is 10.5. The summed E-state index contributed by atoms with van der Waals surface area (Å²) in [5.41, 5.74) is 1.64. The molecule has 1 N–H and O–H groups in total. The van der Waals surface area contributed by atoms with Gasteiger partial charge >= 0.3 is 7.12 Å². The molecular weight excluding hydrogens is 383 g/mol. The fraction of sp³-hybridized carbons (Fsp3) is 0.778. The fourth-order valence-electron chi connectivity index (χ4n) is 9.50. The van der Waals surface area contributed by atoms with Crippen molar-refractivity contribution in [2.75, 3.05) is 0 Å². The second-order valence-corrected chi connectivity index (χ2v) is 12.1.